The molecule has 0 saturated heterocycles. The Labute approximate surface area is 164 Å². The second-order valence-electron chi connectivity index (χ2n) is 6.88. The Morgan fingerprint density at radius 1 is 0.615 bits per heavy atom. The highest BCUT2D eigenvalue weighted by molar-refractivity contribution is 7.80. The van der Waals surface area contributed by atoms with E-state index in [1.54, 1.807) is 0 Å². The molecule has 0 radical (unpaired) electrons. The van der Waals surface area contributed by atoms with Gasteiger partial charge in [0.2, 0.25) is 0 Å². The van der Waals surface area contributed by atoms with Gasteiger partial charge in [-0.1, -0.05) is 56.9 Å². The number of hydrogen-bond donors (Lipinski definition) is 1. The summed E-state index contributed by atoms with van der Waals surface area (Å²) in [5, 5.41) is 8.72. The van der Waals surface area contributed by atoms with E-state index in [9.17, 15) is 0 Å². The molecular weight excluding hydrogens is 336 g/mol. The number of benzene rings is 2. The van der Waals surface area contributed by atoms with Gasteiger partial charge in [0.1, 0.15) is 0 Å². The van der Waals surface area contributed by atoms with Crippen LogP contribution in [-0.4, -0.2) is 5.75 Å². The summed E-state index contributed by atoms with van der Waals surface area (Å²) in [6, 6.07) is 16.9. The Kier molecular flexibility index (Phi) is 10.1. The molecule has 0 saturated carbocycles. The maximum Gasteiger partial charge on any atom is 0.0857 e. The van der Waals surface area contributed by atoms with Gasteiger partial charge in [0.25, 0.3) is 0 Å². The third-order valence-corrected chi connectivity index (χ3v) is 4.91. The number of unbranched alkanes of at least 4 members (excludes halogenated alkanes) is 5. The van der Waals surface area contributed by atoms with Crippen molar-refractivity contribution in [3.05, 3.63) is 59.7 Å². The summed E-state index contributed by atoms with van der Waals surface area (Å²) in [5.41, 5.74) is 4.59. The molecule has 0 spiro atoms. The molecule has 0 amide bonds. The summed E-state index contributed by atoms with van der Waals surface area (Å²) in [4.78, 5) is 0. The van der Waals surface area contributed by atoms with E-state index in [1.165, 1.54) is 56.1 Å². The molecule has 140 valence electrons. The van der Waals surface area contributed by atoms with Crippen molar-refractivity contribution in [2.24, 2.45) is 10.2 Å². The fraction of sp³-hybridized carbons (Fsp3) is 0.478. The van der Waals surface area contributed by atoms with E-state index in [0.29, 0.717) is 0 Å². The van der Waals surface area contributed by atoms with Gasteiger partial charge in [-0.15, -0.1) is 0 Å². The second kappa shape index (κ2) is 12.7. The van der Waals surface area contributed by atoms with Crippen LogP contribution in [0.5, 0.6) is 0 Å². The average molecular weight is 369 g/mol. The molecule has 0 aliphatic rings. The minimum atomic E-state index is 0.910. The van der Waals surface area contributed by atoms with Crippen LogP contribution in [0.4, 0.5) is 11.4 Å². The minimum Gasteiger partial charge on any atom is -0.179 e. The molecule has 2 rings (SSSR count). The van der Waals surface area contributed by atoms with Crippen LogP contribution in [0, 0.1) is 0 Å². The molecule has 0 aliphatic heterocycles. The Bertz CT molecular complexity index is 575. The third kappa shape index (κ3) is 8.18. The zero-order valence-corrected chi connectivity index (χ0v) is 16.9. The molecule has 0 fully saturated rings. The van der Waals surface area contributed by atoms with Gasteiger partial charge < -0.3 is 0 Å². The molecule has 3 heteroatoms. The lowest BCUT2D eigenvalue weighted by Crippen LogP contribution is -1.85. The molecule has 2 aromatic carbocycles. The first kappa shape index (κ1) is 20.7. The molecule has 0 bridgehead atoms. The summed E-state index contributed by atoms with van der Waals surface area (Å²) in [6.45, 7) is 2.25. The number of hydrogen-bond acceptors (Lipinski definition) is 3. The summed E-state index contributed by atoms with van der Waals surface area (Å²) in [5.74, 6) is 0.985. The van der Waals surface area contributed by atoms with Crippen molar-refractivity contribution >= 4 is 24.0 Å². The van der Waals surface area contributed by atoms with Crippen molar-refractivity contribution in [2.75, 3.05) is 5.75 Å². The van der Waals surface area contributed by atoms with Gasteiger partial charge >= 0.3 is 0 Å². The fourth-order valence-electron chi connectivity index (χ4n) is 2.95. The Morgan fingerprint density at radius 3 is 1.50 bits per heavy atom. The average Bonchev–Trinajstić information content (AvgIpc) is 2.69. The van der Waals surface area contributed by atoms with Crippen molar-refractivity contribution in [1.82, 2.24) is 0 Å². The van der Waals surface area contributed by atoms with Crippen LogP contribution in [0.15, 0.2) is 58.8 Å². The van der Waals surface area contributed by atoms with Gasteiger partial charge in [0, 0.05) is 0 Å². The molecule has 0 aromatic heterocycles. The van der Waals surface area contributed by atoms with E-state index in [0.717, 1.165) is 30.0 Å². The van der Waals surface area contributed by atoms with Crippen LogP contribution in [-0.2, 0) is 12.8 Å². The van der Waals surface area contributed by atoms with E-state index in [1.807, 2.05) is 0 Å². The minimum absolute atomic E-state index is 0.910. The third-order valence-electron chi connectivity index (χ3n) is 4.60. The van der Waals surface area contributed by atoms with Crippen LogP contribution in [0.25, 0.3) is 0 Å². The quantitative estimate of drug-likeness (QED) is 0.224. The van der Waals surface area contributed by atoms with E-state index < -0.39 is 0 Å². The Hall–Kier alpha value is -1.61. The normalized spacial score (nSPS) is 11.3. The first-order valence-corrected chi connectivity index (χ1v) is 10.7. The van der Waals surface area contributed by atoms with Gasteiger partial charge in [-0.25, -0.2) is 0 Å². The van der Waals surface area contributed by atoms with Gasteiger partial charge in [-0.3, -0.25) is 0 Å². The molecule has 0 atom stereocenters. The second-order valence-corrected chi connectivity index (χ2v) is 7.33. The topological polar surface area (TPSA) is 24.7 Å². The zero-order chi connectivity index (χ0) is 18.5. The lowest BCUT2D eigenvalue weighted by molar-refractivity contribution is 0.667. The fourth-order valence-corrected chi connectivity index (χ4v) is 3.17. The van der Waals surface area contributed by atoms with Crippen LogP contribution < -0.4 is 0 Å². The molecule has 0 heterocycles. The number of aryl methyl sites for hydroxylation is 2. The highest BCUT2D eigenvalue weighted by Crippen LogP contribution is 2.20. The summed E-state index contributed by atoms with van der Waals surface area (Å²) >= 11 is 4.25. The highest BCUT2D eigenvalue weighted by Gasteiger charge is 1.97. The first-order valence-electron chi connectivity index (χ1n) is 10.0. The maximum absolute atomic E-state index is 4.36. The predicted octanol–water partition coefficient (Wildman–Crippen LogP) is 7.87. The lowest BCUT2D eigenvalue weighted by Gasteiger charge is -2.02. The molecule has 26 heavy (non-hydrogen) atoms. The molecule has 2 aromatic rings. The van der Waals surface area contributed by atoms with Crippen molar-refractivity contribution in [3.8, 4) is 0 Å². The first-order chi connectivity index (χ1) is 12.8. The van der Waals surface area contributed by atoms with E-state index in [2.05, 4.69) is 78.3 Å². The number of thiol groups is 1. The summed E-state index contributed by atoms with van der Waals surface area (Å²) < 4.78 is 0. The van der Waals surface area contributed by atoms with Gasteiger partial charge in [-0.2, -0.15) is 22.9 Å². The van der Waals surface area contributed by atoms with Crippen molar-refractivity contribution in [1.29, 1.82) is 0 Å². The van der Waals surface area contributed by atoms with Crippen molar-refractivity contribution in [2.45, 2.75) is 64.7 Å². The van der Waals surface area contributed by atoms with Crippen molar-refractivity contribution < 1.29 is 0 Å². The number of rotatable bonds is 12. The van der Waals surface area contributed by atoms with Crippen molar-refractivity contribution in [3.63, 3.8) is 0 Å². The SMILES string of the molecule is CCCCCCc1ccc(N=Nc2ccc(CCCCCS)cc2)cc1. The number of azo groups is 1. The molecule has 0 N–H and O–H groups in total. The Morgan fingerprint density at radius 2 is 1.08 bits per heavy atom. The highest BCUT2D eigenvalue weighted by atomic mass is 32.1. The maximum atomic E-state index is 4.36. The van der Waals surface area contributed by atoms with E-state index in [4.69, 9.17) is 0 Å². The summed E-state index contributed by atoms with van der Waals surface area (Å²) in [7, 11) is 0. The van der Waals surface area contributed by atoms with Gasteiger partial charge in [0.05, 0.1) is 11.4 Å². The van der Waals surface area contributed by atoms with Gasteiger partial charge in [-0.05, 0) is 73.2 Å². The van der Waals surface area contributed by atoms with E-state index in [-0.39, 0.29) is 0 Å². The molecule has 0 unspecified atom stereocenters. The van der Waals surface area contributed by atoms with Crippen LogP contribution in [0.3, 0.4) is 0 Å². The standard InChI is InChI=1S/C23H32N2S/c1-2-3-4-6-9-20-11-15-22(16-12-20)24-25-23-17-13-21(14-18-23)10-7-5-8-19-26/h11-18,26H,2-10,19H2,1H3. The monoisotopic (exact) mass is 368 g/mol. The largest absolute Gasteiger partial charge is 0.179 e. The predicted molar refractivity (Wildman–Crippen MR) is 116 cm³/mol. The lowest BCUT2D eigenvalue weighted by atomic mass is 10.1. The van der Waals surface area contributed by atoms with Gasteiger partial charge in [0.15, 0.2) is 0 Å². The smallest absolute Gasteiger partial charge is 0.0857 e. The Balaban J connectivity index is 1.79. The van der Waals surface area contributed by atoms with Crippen LogP contribution in [0.1, 0.15) is 63.0 Å². The molecule has 2 nitrogen and oxygen atoms in total. The molecular formula is C23H32N2S. The number of nitrogens with zero attached hydrogens (tertiary/aromatic N) is 2. The zero-order valence-electron chi connectivity index (χ0n) is 16.0. The van der Waals surface area contributed by atoms with Crippen LogP contribution in [0.2, 0.25) is 0 Å². The summed E-state index contributed by atoms with van der Waals surface area (Å²) in [6.07, 6.45) is 11.2. The van der Waals surface area contributed by atoms with Crippen LogP contribution >= 0.6 is 12.6 Å². The molecule has 0 aliphatic carbocycles. The van der Waals surface area contributed by atoms with E-state index >= 15 is 0 Å².